The predicted octanol–water partition coefficient (Wildman–Crippen LogP) is 4.22. The molecule has 4 heterocycles. The van der Waals surface area contributed by atoms with Crippen LogP contribution in [0.2, 0.25) is 0 Å². The van der Waals surface area contributed by atoms with Crippen LogP contribution in [-0.2, 0) is 12.7 Å². The molecule has 0 spiro atoms. The second-order valence-electron chi connectivity index (χ2n) is 8.66. The van der Waals surface area contributed by atoms with E-state index >= 15 is 0 Å². The van der Waals surface area contributed by atoms with Crippen LogP contribution in [0.1, 0.15) is 24.8 Å². The highest BCUT2D eigenvalue weighted by atomic mass is 19.4. The number of halogens is 5. The van der Waals surface area contributed by atoms with Crippen LogP contribution in [0.4, 0.5) is 33.6 Å². The van der Waals surface area contributed by atoms with Crippen molar-refractivity contribution in [2.45, 2.75) is 44.5 Å². The molecule has 0 radical (unpaired) electrons. The molecule has 33 heavy (non-hydrogen) atoms. The predicted molar refractivity (Wildman–Crippen MR) is 111 cm³/mol. The molecule has 3 atom stereocenters. The molecule has 5 rings (SSSR count). The maximum Gasteiger partial charge on any atom is 0.416 e. The summed E-state index contributed by atoms with van der Waals surface area (Å²) in [5.41, 5.74) is 0.0588. The van der Waals surface area contributed by atoms with Crippen LogP contribution in [0.25, 0.3) is 11.2 Å². The van der Waals surface area contributed by atoms with E-state index in [2.05, 4.69) is 25.4 Å². The molecule has 3 aromatic heterocycles. The largest absolute Gasteiger partial charge is 0.416 e. The van der Waals surface area contributed by atoms with Crippen molar-refractivity contribution in [1.82, 2.24) is 24.7 Å². The smallest absolute Gasteiger partial charge is 0.366 e. The number of nitrogens with zero attached hydrogens (tertiary/aromatic N) is 6. The first-order chi connectivity index (χ1) is 15.8. The quantitative estimate of drug-likeness (QED) is 0.567. The minimum absolute atomic E-state index is 0.110. The van der Waals surface area contributed by atoms with E-state index in [9.17, 15) is 22.0 Å². The number of aromatic nitrogens is 5. The van der Waals surface area contributed by atoms with Gasteiger partial charge in [0.05, 0.1) is 18.0 Å². The molecule has 12 heteroatoms. The fourth-order valence-corrected chi connectivity index (χ4v) is 4.91. The van der Waals surface area contributed by atoms with Crippen LogP contribution >= 0.6 is 0 Å². The summed E-state index contributed by atoms with van der Waals surface area (Å²) in [6.45, 7) is 0.779. The second kappa shape index (κ2) is 8.38. The van der Waals surface area contributed by atoms with E-state index in [-0.39, 0.29) is 6.04 Å². The maximum absolute atomic E-state index is 13.1. The van der Waals surface area contributed by atoms with Gasteiger partial charge in [0.15, 0.2) is 5.65 Å². The second-order valence-corrected chi connectivity index (χ2v) is 8.66. The summed E-state index contributed by atoms with van der Waals surface area (Å²) >= 11 is 0. The molecule has 0 amide bonds. The highest BCUT2D eigenvalue weighted by Crippen LogP contribution is 2.39. The van der Waals surface area contributed by atoms with Crippen LogP contribution in [0.15, 0.2) is 30.7 Å². The van der Waals surface area contributed by atoms with E-state index in [1.165, 1.54) is 12.4 Å². The Morgan fingerprint density at radius 3 is 2.70 bits per heavy atom. The van der Waals surface area contributed by atoms with Gasteiger partial charge in [-0.2, -0.15) is 18.3 Å². The van der Waals surface area contributed by atoms with Gasteiger partial charge in [-0.15, -0.1) is 0 Å². The Labute approximate surface area is 186 Å². The number of hydrogen-bond acceptors (Lipinski definition) is 6. The normalized spacial score (nSPS) is 23.3. The molecule has 176 valence electrons. The zero-order chi connectivity index (χ0) is 23.2. The molecule has 1 N–H and O–H groups in total. The van der Waals surface area contributed by atoms with Gasteiger partial charge in [0, 0.05) is 25.3 Å². The van der Waals surface area contributed by atoms with E-state index in [0.717, 1.165) is 36.1 Å². The molecule has 0 unspecified atom stereocenters. The number of nitrogens with one attached hydrogen (secondary N) is 1. The first-order valence-electron chi connectivity index (χ1n) is 10.8. The molecule has 1 aliphatic carbocycles. The summed E-state index contributed by atoms with van der Waals surface area (Å²) < 4.78 is 65.9. The number of hydrogen-bond donors (Lipinski definition) is 1. The van der Waals surface area contributed by atoms with Crippen molar-refractivity contribution in [1.29, 1.82) is 0 Å². The Hall–Kier alpha value is -3.05. The lowest BCUT2D eigenvalue weighted by Gasteiger charge is -2.31. The molecular formula is C21H22F5N7. The SMILES string of the molecule is FC(F)Cn1ncc2ncc(N[C@@H]3CC[C@@H]4CN(c5cc(C(F)(F)F)ccn5)C[C@@H]4C3)nc21. The Kier molecular flexibility index (Phi) is 5.53. The summed E-state index contributed by atoms with van der Waals surface area (Å²) in [5.74, 6) is 1.55. The first-order valence-corrected chi connectivity index (χ1v) is 10.8. The molecule has 1 saturated heterocycles. The standard InChI is InChI=1S/C21H22F5N7/c22-17(23)11-33-20-16(7-29-33)28-8-18(31-20)30-15-2-1-12-9-32(10-13(12)5-15)19-6-14(3-4-27-19)21(24,25)26/h3-4,6-8,12-13,15,17H,1-2,5,9-11H2,(H,30,31)/t12-,13+,15-/m1/s1. The molecular weight excluding hydrogens is 445 g/mol. The number of fused-ring (bicyclic) bond motifs is 2. The van der Waals surface area contributed by atoms with Crippen molar-refractivity contribution in [2.24, 2.45) is 11.8 Å². The molecule has 1 saturated carbocycles. The van der Waals surface area contributed by atoms with Crippen molar-refractivity contribution >= 4 is 22.8 Å². The van der Waals surface area contributed by atoms with Gasteiger partial charge >= 0.3 is 6.18 Å². The summed E-state index contributed by atoms with van der Waals surface area (Å²) in [6.07, 6.45) is -0.123. The average Bonchev–Trinajstić information content (AvgIpc) is 3.37. The third-order valence-electron chi connectivity index (χ3n) is 6.45. The van der Waals surface area contributed by atoms with Crippen molar-refractivity contribution in [3.8, 4) is 0 Å². The topological polar surface area (TPSA) is 71.8 Å². The van der Waals surface area contributed by atoms with Gasteiger partial charge in [-0.3, -0.25) is 0 Å². The average molecular weight is 467 g/mol. The van der Waals surface area contributed by atoms with Gasteiger partial charge in [-0.1, -0.05) is 0 Å². The third-order valence-corrected chi connectivity index (χ3v) is 6.45. The maximum atomic E-state index is 13.1. The molecule has 0 aromatic carbocycles. The summed E-state index contributed by atoms with van der Waals surface area (Å²) in [5, 5.41) is 7.28. The lowest BCUT2D eigenvalue weighted by molar-refractivity contribution is -0.137. The Balaban J connectivity index is 1.25. The van der Waals surface area contributed by atoms with E-state index in [1.807, 2.05) is 4.90 Å². The van der Waals surface area contributed by atoms with Gasteiger partial charge in [-0.05, 0) is 43.2 Å². The molecule has 3 aromatic rings. The monoisotopic (exact) mass is 467 g/mol. The minimum Gasteiger partial charge on any atom is -0.366 e. The van der Waals surface area contributed by atoms with Crippen LogP contribution in [0.5, 0.6) is 0 Å². The van der Waals surface area contributed by atoms with E-state index in [4.69, 9.17) is 0 Å². The highest BCUT2D eigenvalue weighted by molar-refractivity contribution is 5.71. The molecule has 2 aliphatic rings. The number of pyridine rings is 1. The summed E-state index contributed by atoms with van der Waals surface area (Å²) in [4.78, 5) is 14.8. The highest BCUT2D eigenvalue weighted by Gasteiger charge is 2.39. The van der Waals surface area contributed by atoms with E-state index in [1.54, 1.807) is 6.20 Å². The molecule has 0 bridgehead atoms. The zero-order valence-electron chi connectivity index (χ0n) is 17.5. The number of anilines is 2. The van der Waals surface area contributed by atoms with Gasteiger partial charge < -0.3 is 10.2 Å². The van der Waals surface area contributed by atoms with Gasteiger partial charge in [0.1, 0.15) is 23.7 Å². The van der Waals surface area contributed by atoms with E-state index < -0.39 is 24.7 Å². The van der Waals surface area contributed by atoms with Gasteiger partial charge in [-0.25, -0.2) is 28.4 Å². The Morgan fingerprint density at radius 2 is 1.91 bits per heavy atom. The number of alkyl halides is 5. The van der Waals surface area contributed by atoms with Crippen LogP contribution in [0.3, 0.4) is 0 Å². The Morgan fingerprint density at radius 1 is 1.09 bits per heavy atom. The van der Waals surface area contributed by atoms with Crippen molar-refractivity contribution in [3.63, 3.8) is 0 Å². The third kappa shape index (κ3) is 4.55. The fraction of sp³-hybridized carbons (Fsp3) is 0.524. The molecule has 7 nitrogen and oxygen atoms in total. The summed E-state index contributed by atoms with van der Waals surface area (Å²) in [7, 11) is 0. The first kappa shape index (κ1) is 21.8. The minimum atomic E-state index is -4.40. The van der Waals surface area contributed by atoms with Crippen molar-refractivity contribution in [2.75, 3.05) is 23.3 Å². The lowest BCUT2D eigenvalue weighted by Crippen LogP contribution is -2.32. The van der Waals surface area contributed by atoms with Gasteiger partial charge in [0.25, 0.3) is 6.43 Å². The van der Waals surface area contributed by atoms with Crippen LogP contribution in [0, 0.1) is 11.8 Å². The molecule has 1 aliphatic heterocycles. The Bertz CT molecular complexity index is 1130. The van der Waals surface area contributed by atoms with Crippen molar-refractivity contribution < 1.29 is 22.0 Å². The molecule has 2 fully saturated rings. The van der Waals surface area contributed by atoms with Gasteiger partial charge in [0.2, 0.25) is 0 Å². The van der Waals surface area contributed by atoms with Crippen molar-refractivity contribution in [3.05, 3.63) is 36.3 Å². The van der Waals surface area contributed by atoms with Crippen LogP contribution < -0.4 is 10.2 Å². The van der Waals surface area contributed by atoms with E-state index in [0.29, 0.717) is 47.7 Å². The number of rotatable bonds is 5. The summed E-state index contributed by atoms with van der Waals surface area (Å²) in [6, 6.07) is 2.21. The zero-order valence-corrected chi connectivity index (χ0v) is 17.5. The lowest BCUT2D eigenvalue weighted by atomic mass is 9.79. The fourth-order valence-electron chi connectivity index (χ4n) is 4.91. The van der Waals surface area contributed by atoms with Crippen LogP contribution in [-0.4, -0.2) is 50.3 Å².